The Morgan fingerprint density at radius 3 is 2.57 bits per heavy atom. The number of hydrogen-bond acceptors (Lipinski definition) is 3. The Bertz CT molecular complexity index is 374. The Balaban J connectivity index is 1.89. The zero-order valence-electron chi connectivity index (χ0n) is 12.7. The quantitative estimate of drug-likeness (QED) is 0.724. The summed E-state index contributed by atoms with van der Waals surface area (Å²) in [6, 6.07) is -0.334. The molecule has 1 saturated carbocycles. The molecule has 0 aromatic carbocycles. The summed E-state index contributed by atoms with van der Waals surface area (Å²) in [4.78, 5) is 23.3. The maximum absolute atomic E-state index is 12.2. The molecule has 0 aromatic rings. The lowest BCUT2D eigenvalue weighted by atomic mass is 9.79. The number of hydrogen-bond donors (Lipinski definition) is 3. The summed E-state index contributed by atoms with van der Waals surface area (Å²) in [6.45, 7) is 2.68. The fraction of sp³-hybridized carbons (Fsp3) is 0.867. The number of aliphatic carboxylic acids is 1. The van der Waals surface area contributed by atoms with Crippen LogP contribution >= 0.6 is 0 Å². The first-order valence-corrected chi connectivity index (χ1v) is 7.93. The third kappa shape index (κ3) is 4.59. The molecule has 0 spiro atoms. The topological polar surface area (TPSA) is 87.7 Å². The first kappa shape index (κ1) is 16.1. The van der Waals surface area contributed by atoms with Gasteiger partial charge < -0.3 is 20.5 Å². The molecule has 2 unspecified atom stereocenters. The third-order valence-electron chi connectivity index (χ3n) is 4.56. The minimum absolute atomic E-state index is 0.00523. The van der Waals surface area contributed by atoms with E-state index >= 15 is 0 Å². The predicted molar refractivity (Wildman–Crippen MR) is 78.2 cm³/mol. The van der Waals surface area contributed by atoms with Crippen molar-refractivity contribution < 1.29 is 19.4 Å². The van der Waals surface area contributed by atoms with Crippen LogP contribution in [0, 0.1) is 0 Å². The maximum atomic E-state index is 12.2. The van der Waals surface area contributed by atoms with E-state index < -0.39 is 11.5 Å². The lowest BCUT2D eigenvalue weighted by Gasteiger charge is -2.37. The highest BCUT2D eigenvalue weighted by Gasteiger charge is 2.36. The molecule has 2 amide bonds. The molecule has 120 valence electrons. The number of ether oxygens (including phenoxy) is 1. The number of amides is 2. The molecule has 3 N–H and O–H groups in total. The molecule has 0 bridgehead atoms. The Hall–Kier alpha value is -1.30. The monoisotopic (exact) mass is 298 g/mol. The van der Waals surface area contributed by atoms with Crippen molar-refractivity contribution in [2.45, 2.75) is 76.0 Å². The number of carbonyl (C=O) groups is 2. The standard InChI is InChI=1S/C15H26N2O4/c1-11(12-6-5-9-21-12)16-14(20)17-15(10-13(18)19)7-3-2-4-8-15/h11-12H,2-10H2,1H3,(H,18,19)(H2,16,17,20). The van der Waals surface area contributed by atoms with Gasteiger partial charge in [0, 0.05) is 6.61 Å². The Labute approximate surface area is 125 Å². The smallest absolute Gasteiger partial charge is 0.315 e. The van der Waals surface area contributed by atoms with Gasteiger partial charge in [0.1, 0.15) is 0 Å². The number of rotatable bonds is 5. The van der Waals surface area contributed by atoms with E-state index in [1.54, 1.807) is 0 Å². The van der Waals surface area contributed by atoms with Gasteiger partial charge >= 0.3 is 12.0 Å². The van der Waals surface area contributed by atoms with Gasteiger partial charge in [0.15, 0.2) is 0 Å². The number of urea groups is 1. The van der Waals surface area contributed by atoms with Gasteiger partial charge in [0.25, 0.3) is 0 Å². The molecule has 2 rings (SSSR count). The Morgan fingerprint density at radius 1 is 1.29 bits per heavy atom. The molecule has 1 heterocycles. The molecule has 6 heteroatoms. The molecule has 1 saturated heterocycles. The number of carboxylic acid groups (broad SMARTS) is 1. The second-order valence-corrected chi connectivity index (χ2v) is 6.35. The summed E-state index contributed by atoms with van der Waals surface area (Å²) in [5, 5.41) is 14.9. The van der Waals surface area contributed by atoms with Crippen LogP contribution in [0.5, 0.6) is 0 Å². The highest BCUT2D eigenvalue weighted by molar-refractivity contribution is 5.77. The third-order valence-corrected chi connectivity index (χ3v) is 4.56. The van der Waals surface area contributed by atoms with Gasteiger partial charge in [-0.25, -0.2) is 4.79 Å². The normalized spacial score (nSPS) is 26.0. The first-order chi connectivity index (χ1) is 10.0. The van der Waals surface area contributed by atoms with Crippen molar-refractivity contribution in [2.24, 2.45) is 0 Å². The summed E-state index contributed by atoms with van der Waals surface area (Å²) in [5.41, 5.74) is -0.593. The van der Waals surface area contributed by atoms with E-state index in [0.717, 1.165) is 51.6 Å². The van der Waals surface area contributed by atoms with Gasteiger partial charge in [0.05, 0.1) is 24.1 Å². The van der Waals surface area contributed by atoms with E-state index in [9.17, 15) is 9.59 Å². The van der Waals surface area contributed by atoms with Gasteiger partial charge in [-0.1, -0.05) is 19.3 Å². The van der Waals surface area contributed by atoms with Crippen molar-refractivity contribution in [1.82, 2.24) is 10.6 Å². The largest absolute Gasteiger partial charge is 0.481 e. The molecule has 21 heavy (non-hydrogen) atoms. The van der Waals surface area contributed by atoms with Gasteiger partial charge in [-0.15, -0.1) is 0 Å². The van der Waals surface area contributed by atoms with Crippen LogP contribution in [0.25, 0.3) is 0 Å². The number of carboxylic acids is 1. The average Bonchev–Trinajstić information content (AvgIpc) is 2.92. The molecule has 1 aliphatic heterocycles. The lowest BCUT2D eigenvalue weighted by molar-refractivity contribution is -0.139. The highest BCUT2D eigenvalue weighted by atomic mass is 16.5. The van der Waals surface area contributed by atoms with Crippen molar-refractivity contribution >= 4 is 12.0 Å². The zero-order chi connectivity index (χ0) is 15.3. The van der Waals surface area contributed by atoms with Crippen molar-refractivity contribution in [3.05, 3.63) is 0 Å². The molecule has 2 fully saturated rings. The van der Waals surface area contributed by atoms with Gasteiger partial charge in [-0.2, -0.15) is 0 Å². The summed E-state index contributed by atoms with van der Waals surface area (Å²) < 4.78 is 5.56. The Kier molecular flexibility index (Phi) is 5.45. The first-order valence-electron chi connectivity index (χ1n) is 7.93. The minimum Gasteiger partial charge on any atom is -0.481 e. The van der Waals surface area contributed by atoms with E-state index in [0.29, 0.717) is 0 Å². The van der Waals surface area contributed by atoms with E-state index in [2.05, 4.69) is 10.6 Å². The van der Waals surface area contributed by atoms with Crippen LogP contribution in [0.3, 0.4) is 0 Å². The average molecular weight is 298 g/mol. The van der Waals surface area contributed by atoms with Crippen molar-refractivity contribution in [1.29, 1.82) is 0 Å². The molecule has 0 aromatic heterocycles. The SMILES string of the molecule is CC(NC(=O)NC1(CC(=O)O)CCCCC1)C1CCCO1. The number of nitrogens with one attached hydrogen (secondary N) is 2. The van der Waals surface area contributed by atoms with E-state index in [1.807, 2.05) is 6.92 Å². The van der Waals surface area contributed by atoms with E-state index in [1.165, 1.54) is 0 Å². The fourth-order valence-corrected chi connectivity index (χ4v) is 3.44. The van der Waals surface area contributed by atoms with E-state index in [4.69, 9.17) is 9.84 Å². The summed E-state index contributed by atoms with van der Waals surface area (Å²) in [5.74, 6) is -0.857. The molecule has 0 radical (unpaired) electrons. The van der Waals surface area contributed by atoms with Crippen LogP contribution in [-0.2, 0) is 9.53 Å². The highest BCUT2D eigenvalue weighted by Crippen LogP contribution is 2.31. The van der Waals surface area contributed by atoms with Crippen molar-refractivity contribution in [3.63, 3.8) is 0 Å². The second-order valence-electron chi connectivity index (χ2n) is 6.35. The summed E-state index contributed by atoms with van der Waals surface area (Å²) in [7, 11) is 0. The van der Waals surface area contributed by atoms with Crippen LogP contribution in [0.1, 0.15) is 58.3 Å². The fourth-order valence-electron chi connectivity index (χ4n) is 3.44. The number of carbonyl (C=O) groups excluding carboxylic acids is 1. The molecular formula is C15H26N2O4. The van der Waals surface area contributed by atoms with Gasteiger partial charge in [0.2, 0.25) is 0 Å². The van der Waals surface area contributed by atoms with Crippen molar-refractivity contribution in [2.75, 3.05) is 6.61 Å². The van der Waals surface area contributed by atoms with Gasteiger partial charge in [-0.3, -0.25) is 4.79 Å². The second kappa shape index (κ2) is 7.11. The molecule has 2 atom stereocenters. The maximum Gasteiger partial charge on any atom is 0.315 e. The molecular weight excluding hydrogens is 272 g/mol. The van der Waals surface area contributed by atoms with Crippen LogP contribution in [0.4, 0.5) is 4.79 Å². The van der Waals surface area contributed by atoms with Crippen LogP contribution in [-0.4, -0.2) is 41.4 Å². The lowest BCUT2D eigenvalue weighted by Crippen LogP contribution is -2.56. The molecule has 6 nitrogen and oxygen atoms in total. The van der Waals surface area contributed by atoms with Crippen LogP contribution in [0.2, 0.25) is 0 Å². The van der Waals surface area contributed by atoms with Crippen LogP contribution in [0.15, 0.2) is 0 Å². The molecule has 1 aliphatic carbocycles. The van der Waals surface area contributed by atoms with Crippen LogP contribution < -0.4 is 10.6 Å². The van der Waals surface area contributed by atoms with E-state index in [-0.39, 0.29) is 24.6 Å². The zero-order valence-corrected chi connectivity index (χ0v) is 12.7. The Morgan fingerprint density at radius 2 is 2.00 bits per heavy atom. The molecule has 2 aliphatic rings. The predicted octanol–water partition coefficient (Wildman–Crippen LogP) is 2.03. The summed E-state index contributed by atoms with van der Waals surface area (Å²) >= 11 is 0. The van der Waals surface area contributed by atoms with Gasteiger partial charge in [-0.05, 0) is 32.6 Å². The summed E-state index contributed by atoms with van der Waals surface area (Å²) in [6.07, 6.45) is 6.57. The minimum atomic E-state index is -0.857. The van der Waals surface area contributed by atoms with Crippen molar-refractivity contribution in [3.8, 4) is 0 Å².